The minimum Gasteiger partial charge on any atom is -0.508 e. The zero-order valence-corrected chi connectivity index (χ0v) is 12.2. The van der Waals surface area contributed by atoms with E-state index in [0.717, 1.165) is 11.1 Å². The summed E-state index contributed by atoms with van der Waals surface area (Å²) in [5.41, 5.74) is 0.598. The molecule has 1 unspecified atom stereocenters. The lowest BCUT2D eigenvalue weighted by Gasteiger charge is -2.33. The second-order valence-corrected chi connectivity index (χ2v) is 5.66. The zero-order valence-electron chi connectivity index (χ0n) is 12.2. The van der Waals surface area contributed by atoms with Crippen molar-refractivity contribution in [2.75, 3.05) is 13.7 Å². The van der Waals surface area contributed by atoms with Gasteiger partial charge in [-0.15, -0.1) is 0 Å². The molecule has 2 aromatic rings. The highest BCUT2D eigenvalue weighted by molar-refractivity contribution is 5.44. The first-order valence-corrected chi connectivity index (χ1v) is 7.02. The van der Waals surface area contributed by atoms with Crippen molar-refractivity contribution in [3.63, 3.8) is 0 Å². The summed E-state index contributed by atoms with van der Waals surface area (Å²) in [6, 6.07) is 9.94. The van der Waals surface area contributed by atoms with Crippen LogP contribution in [0.15, 0.2) is 36.4 Å². The molecule has 0 amide bonds. The van der Waals surface area contributed by atoms with E-state index >= 15 is 0 Å². The number of aromatic hydroxyl groups is 2. The average Bonchev–Trinajstić information content (AvgIpc) is 2.48. The van der Waals surface area contributed by atoms with Crippen molar-refractivity contribution in [1.82, 2.24) is 0 Å². The number of fused-ring (bicyclic) bond motifs is 1. The predicted octanol–water partition coefficient (Wildman–Crippen LogP) is 2.02. The largest absolute Gasteiger partial charge is 0.508 e. The Balaban J connectivity index is 1.80. The number of methoxy groups -OCH3 is 1. The smallest absolute Gasteiger partial charge is 0.160 e. The molecule has 0 spiro atoms. The maximum atomic E-state index is 10.8. The van der Waals surface area contributed by atoms with Crippen molar-refractivity contribution in [3.05, 3.63) is 47.5 Å². The van der Waals surface area contributed by atoms with E-state index in [2.05, 4.69) is 0 Å². The van der Waals surface area contributed by atoms with E-state index in [4.69, 9.17) is 9.47 Å². The van der Waals surface area contributed by atoms with Crippen molar-refractivity contribution >= 4 is 0 Å². The number of rotatable bonds is 3. The quantitative estimate of drug-likeness (QED) is 0.808. The van der Waals surface area contributed by atoms with Gasteiger partial charge >= 0.3 is 0 Å². The first-order chi connectivity index (χ1) is 10.5. The molecule has 0 saturated heterocycles. The normalized spacial score (nSPS) is 20.1. The minimum absolute atomic E-state index is 0.0469. The van der Waals surface area contributed by atoms with Crippen LogP contribution in [0.1, 0.15) is 11.1 Å². The van der Waals surface area contributed by atoms with Crippen molar-refractivity contribution in [3.8, 4) is 23.0 Å². The second-order valence-electron chi connectivity index (χ2n) is 5.66. The molecule has 0 aliphatic carbocycles. The van der Waals surface area contributed by atoms with Crippen molar-refractivity contribution < 1.29 is 24.8 Å². The van der Waals surface area contributed by atoms with Crippen LogP contribution < -0.4 is 9.47 Å². The predicted molar refractivity (Wildman–Crippen MR) is 80.6 cm³/mol. The number of hydrogen-bond donors (Lipinski definition) is 3. The van der Waals surface area contributed by atoms with Crippen LogP contribution in [-0.4, -0.2) is 34.6 Å². The zero-order chi connectivity index (χ0) is 15.7. The summed E-state index contributed by atoms with van der Waals surface area (Å²) in [5, 5.41) is 30.0. The Morgan fingerprint density at radius 1 is 1.18 bits per heavy atom. The molecule has 116 valence electrons. The highest BCUT2D eigenvalue weighted by atomic mass is 16.5. The fraction of sp³-hybridized carbons (Fsp3) is 0.294. The van der Waals surface area contributed by atoms with Gasteiger partial charge in [0.1, 0.15) is 23.7 Å². The standard InChI is InChI=1S/C17H18O5/c1-21-15-5-2-11(6-14(15)19)8-17(20)9-12-3-4-13(18)7-16(12)22-10-17/h2-7,18-20H,8-10H2,1H3. The van der Waals surface area contributed by atoms with Gasteiger partial charge in [-0.25, -0.2) is 0 Å². The van der Waals surface area contributed by atoms with Crippen LogP contribution in [0.2, 0.25) is 0 Å². The van der Waals surface area contributed by atoms with Gasteiger partial charge in [0.2, 0.25) is 0 Å². The molecular formula is C17H18O5. The van der Waals surface area contributed by atoms with E-state index in [1.54, 1.807) is 30.3 Å². The molecule has 1 heterocycles. The molecule has 1 aliphatic heterocycles. The van der Waals surface area contributed by atoms with E-state index in [1.165, 1.54) is 7.11 Å². The molecular weight excluding hydrogens is 284 g/mol. The van der Waals surface area contributed by atoms with Gasteiger partial charge < -0.3 is 24.8 Å². The molecule has 1 atom stereocenters. The molecule has 2 aromatic carbocycles. The van der Waals surface area contributed by atoms with Crippen LogP contribution in [0, 0.1) is 0 Å². The molecule has 5 nitrogen and oxygen atoms in total. The van der Waals surface area contributed by atoms with Gasteiger partial charge in [-0.1, -0.05) is 12.1 Å². The lowest BCUT2D eigenvalue weighted by Crippen LogP contribution is -2.43. The molecule has 1 aliphatic rings. The molecule has 3 rings (SSSR count). The van der Waals surface area contributed by atoms with Crippen LogP contribution >= 0.6 is 0 Å². The van der Waals surface area contributed by atoms with Crippen molar-refractivity contribution in [2.45, 2.75) is 18.4 Å². The van der Waals surface area contributed by atoms with Crippen molar-refractivity contribution in [1.29, 1.82) is 0 Å². The highest BCUT2D eigenvalue weighted by Crippen LogP contribution is 2.35. The Morgan fingerprint density at radius 2 is 2.00 bits per heavy atom. The maximum absolute atomic E-state index is 10.8. The summed E-state index contributed by atoms with van der Waals surface area (Å²) in [6.45, 7) is 0.135. The number of benzene rings is 2. The molecule has 0 fully saturated rings. The summed E-state index contributed by atoms with van der Waals surface area (Å²) >= 11 is 0. The minimum atomic E-state index is -1.05. The number of hydrogen-bond acceptors (Lipinski definition) is 5. The maximum Gasteiger partial charge on any atom is 0.160 e. The summed E-state index contributed by atoms with van der Waals surface area (Å²) < 4.78 is 10.6. The van der Waals surface area contributed by atoms with Gasteiger partial charge in [-0.2, -0.15) is 0 Å². The Hall–Kier alpha value is -2.40. The van der Waals surface area contributed by atoms with Crippen LogP contribution in [0.25, 0.3) is 0 Å². The molecule has 5 heteroatoms. The fourth-order valence-corrected chi connectivity index (χ4v) is 2.78. The van der Waals surface area contributed by atoms with Gasteiger partial charge in [-0.3, -0.25) is 0 Å². The monoisotopic (exact) mass is 302 g/mol. The molecule has 0 saturated carbocycles. The second kappa shape index (κ2) is 5.42. The van der Waals surface area contributed by atoms with E-state index < -0.39 is 5.60 Å². The average molecular weight is 302 g/mol. The third-order valence-electron chi connectivity index (χ3n) is 3.84. The van der Waals surface area contributed by atoms with E-state index in [9.17, 15) is 15.3 Å². The Kier molecular flexibility index (Phi) is 3.58. The van der Waals surface area contributed by atoms with E-state index in [0.29, 0.717) is 24.3 Å². The Morgan fingerprint density at radius 3 is 2.73 bits per heavy atom. The third-order valence-corrected chi connectivity index (χ3v) is 3.84. The number of ether oxygens (including phenoxy) is 2. The lowest BCUT2D eigenvalue weighted by atomic mass is 9.86. The van der Waals surface area contributed by atoms with Gasteiger partial charge in [0.15, 0.2) is 11.5 Å². The summed E-state index contributed by atoms with van der Waals surface area (Å²) in [7, 11) is 1.49. The number of aliphatic hydroxyl groups is 1. The molecule has 3 N–H and O–H groups in total. The lowest BCUT2D eigenvalue weighted by molar-refractivity contribution is -0.0165. The van der Waals surface area contributed by atoms with Gasteiger partial charge in [0.25, 0.3) is 0 Å². The molecule has 0 aromatic heterocycles. The summed E-state index contributed by atoms with van der Waals surface area (Å²) in [6.07, 6.45) is 0.778. The third kappa shape index (κ3) is 2.80. The Labute approximate surface area is 128 Å². The Bertz CT molecular complexity index is 697. The summed E-state index contributed by atoms with van der Waals surface area (Å²) in [5.74, 6) is 1.19. The van der Waals surface area contributed by atoms with Crippen molar-refractivity contribution in [2.24, 2.45) is 0 Å². The molecule has 0 bridgehead atoms. The van der Waals surface area contributed by atoms with E-state index in [1.807, 2.05) is 6.07 Å². The van der Waals surface area contributed by atoms with Crippen LogP contribution in [0.4, 0.5) is 0 Å². The van der Waals surface area contributed by atoms with Crippen LogP contribution in [0.3, 0.4) is 0 Å². The molecule has 0 radical (unpaired) electrons. The fourth-order valence-electron chi connectivity index (χ4n) is 2.78. The first-order valence-electron chi connectivity index (χ1n) is 7.02. The van der Waals surface area contributed by atoms with Crippen LogP contribution in [0.5, 0.6) is 23.0 Å². The van der Waals surface area contributed by atoms with Gasteiger partial charge in [-0.05, 0) is 29.3 Å². The number of phenolic OH excluding ortho intramolecular Hbond substituents is 2. The van der Waals surface area contributed by atoms with Crippen LogP contribution in [-0.2, 0) is 12.8 Å². The highest BCUT2D eigenvalue weighted by Gasteiger charge is 2.34. The molecule has 22 heavy (non-hydrogen) atoms. The first kappa shape index (κ1) is 14.5. The van der Waals surface area contributed by atoms with Gasteiger partial charge in [0.05, 0.1) is 7.11 Å². The van der Waals surface area contributed by atoms with E-state index in [-0.39, 0.29) is 18.1 Å². The van der Waals surface area contributed by atoms with Gasteiger partial charge in [0, 0.05) is 18.9 Å². The number of phenols is 2. The topological polar surface area (TPSA) is 79.2 Å². The SMILES string of the molecule is COc1ccc(CC2(O)COc3cc(O)ccc3C2)cc1O. The summed E-state index contributed by atoms with van der Waals surface area (Å²) in [4.78, 5) is 0.